The second-order valence-corrected chi connectivity index (χ2v) is 11.8. The van der Waals surface area contributed by atoms with Crippen molar-refractivity contribution in [1.29, 1.82) is 0 Å². The van der Waals surface area contributed by atoms with Crippen molar-refractivity contribution in [1.82, 2.24) is 9.80 Å². The van der Waals surface area contributed by atoms with Crippen molar-refractivity contribution in [3.8, 4) is 5.75 Å². The average molecular weight is 525 g/mol. The Morgan fingerprint density at radius 2 is 1.86 bits per heavy atom. The third kappa shape index (κ3) is 6.19. The van der Waals surface area contributed by atoms with E-state index < -0.39 is 0 Å². The molecule has 0 bridgehead atoms. The minimum absolute atomic E-state index is 0.0242. The van der Waals surface area contributed by atoms with Crippen LogP contribution in [0.2, 0.25) is 0 Å². The van der Waals surface area contributed by atoms with Gasteiger partial charge in [0.05, 0.1) is 10.9 Å². The van der Waals surface area contributed by atoms with E-state index in [2.05, 4.69) is 51.3 Å². The maximum Gasteiger partial charge on any atom is 0.264 e. The molecular formula is C29H36N2O3S2. The normalized spacial score (nSPS) is 16.0. The number of fused-ring (bicyclic) bond motifs is 1. The van der Waals surface area contributed by atoms with E-state index in [0.29, 0.717) is 36.4 Å². The van der Waals surface area contributed by atoms with E-state index in [1.54, 1.807) is 16.2 Å². The average Bonchev–Trinajstić information content (AvgIpc) is 3.59. The number of benzene rings is 1. The van der Waals surface area contributed by atoms with Crippen molar-refractivity contribution in [3.63, 3.8) is 0 Å². The number of hydrogen-bond donors (Lipinski definition) is 0. The summed E-state index contributed by atoms with van der Waals surface area (Å²) in [5.41, 5.74) is 2.44. The minimum Gasteiger partial charge on any atom is -0.491 e. The Bertz CT molecular complexity index is 1140. The van der Waals surface area contributed by atoms with Crippen LogP contribution in [0.3, 0.4) is 0 Å². The summed E-state index contributed by atoms with van der Waals surface area (Å²) in [5.74, 6) is 1.50. The number of ether oxygens (including phenoxy) is 1. The van der Waals surface area contributed by atoms with Crippen LogP contribution in [0.4, 0.5) is 0 Å². The molecule has 7 heteroatoms. The van der Waals surface area contributed by atoms with Gasteiger partial charge < -0.3 is 14.5 Å². The van der Waals surface area contributed by atoms with E-state index in [4.69, 9.17) is 4.74 Å². The van der Waals surface area contributed by atoms with Crippen molar-refractivity contribution >= 4 is 34.5 Å². The quantitative estimate of drug-likeness (QED) is 0.299. The molecule has 2 amide bonds. The zero-order valence-corrected chi connectivity index (χ0v) is 23.2. The molecule has 1 aliphatic heterocycles. The highest BCUT2D eigenvalue weighted by molar-refractivity contribution is 7.12. The van der Waals surface area contributed by atoms with Gasteiger partial charge in [-0.1, -0.05) is 52.3 Å². The van der Waals surface area contributed by atoms with Gasteiger partial charge in [-0.05, 0) is 64.4 Å². The third-order valence-corrected chi connectivity index (χ3v) is 8.80. The second-order valence-electron chi connectivity index (χ2n) is 9.86. The van der Waals surface area contributed by atoms with Crippen molar-refractivity contribution < 1.29 is 14.3 Å². The molecule has 3 heterocycles. The number of carbonyl (C=O) groups is 2. The first kappa shape index (κ1) is 26.4. The van der Waals surface area contributed by atoms with Gasteiger partial charge in [0, 0.05) is 18.0 Å². The third-order valence-electron chi connectivity index (χ3n) is 6.94. The smallest absolute Gasteiger partial charge is 0.264 e. The van der Waals surface area contributed by atoms with Crippen molar-refractivity contribution in [2.75, 3.05) is 26.2 Å². The fraction of sp³-hybridized carbons (Fsp3) is 0.448. The lowest BCUT2D eigenvalue weighted by Crippen LogP contribution is -2.48. The monoisotopic (exact) mass is 524 g/mol. The zero-order chi connectivity index (χ0) is 25.7. The molecule has 0 radical (unpaired) electrons. The first-order chi connectivity index (χ1) is 17.4. The molecular weight excluding hydrogens is 488 g/mol. The summed E-state index contributed by atoms with van der Waals surface area (Å²) < 4.78 is 6.21. The van der Waals surface area contributed by atoms with Crippen LogP contribution >= 0.6 is 22.7 Å². The first-order valence-electron chi connectivity index (χ1n) is 12.8. The fourth-order valence-electron chi connectivity index (χ4n) is 4.53. The molecule has 1 aliphatic rings. The Morgan fingerprint density at radius 3 is 2.53 bits per heavy atom. The van der Waals surface area contributed by atoms with E-state index in [0.717, 1.165) is 24.2 Å². The minimum atomic E-state index is -0.167. The summed E-state index contributed by atoms with van der Waals surface area (Å²) in [6, 6.07) is 13.9. The summed E-state index contributed by atoms with van der Waals surface area (Å²) in [4.78, 5) is 32.6. The van der Waals surface area contributed by atoms with Gasteiger partial charge in [-0.2, -0.15) is 0 Å². The standard InChI is InChI=1S/C29H36N2O3S2/c1-5-21(4)17-30(29(33)27-7-6-15-35-27)18-28(32)31-14-12-26-24(13-16-36-26)25(31)19-34-23-10-8-22(9-11-23)20(2)3/h6-11,13,15-16,20-21,25H,5,12,14,17-19H2,1-4H3/t21-,25-/m1/s1. The summed E-state index contributed by atoms with van der Waals surface area (Å²) in [7, 11) is 0. The van der Waals surface area contributed by atoms with Crippen molar-refractivity contribution in [2.45, 2.75) is 52.5 Å². The molecule has 0 aliphatic carbocycles. The van der Waals surface area contributed by atoms with Crippen molar-refractivity contribution in [2.24, 2.45) is 5.92 Å². The van der Waals surface area contributed by atoms with Gasteiger partial charge in [-0.3, -0.25) is 9.59 Å². The molecule has 0 spiro atoms. The highest BCUT2D eigenvalue weighted by atomic mass is 32.1. The zero-order valence-electron chi connectivity index (χ0n) is 21.6. The molecule has 0 saturated carbocycles. The Balaban J connectivity index is 1.51. The largest absolute Gasteiger partial charge is 0.491 e. The topological polar surface area (TPSA) is 49.9 Å². The van der Waals surface area contributed by atoms with Gasteiger partial charge in [0.2, 0.25) is 5.91 Å². The van der Waals surface area contributed by atoms with E-state index in [1.165, 1.54) is 21.8 Å². The van der Waals surface area contributed by atoms with Gasteiger partial charge >= 0.3 is 0 Å². The van der Waals surface area contributed by atoms with E-state index in [-0.39, 0.29) is 24.4 Å². The molecule has 0 fully saturated rings. The molecule has 0 saturated heterocycles. The molecule has 36 heavy (non-hydrogen) atoms. The molecule has 192 valence electrons. The van der Waals surface area contributed by atoms with E-state index in [1.807, 2.05) is 34.5 Å². The number of amides is 2. The number of thiophene rings is 2. The summed E-state index contributed by atoms with van der Waals surface area (Å²) >= 11 is 3.16. The van der Waals surface area contributed by atoms with Crippen LogP contribution in [0.1, 0.15) is 71.8 Å². The Morgan fingerprint density at radius 1 is 1.08 bits per heavy atom. The Hall–Kier alpha value is -2.64. The van der Waals surface area contributed by atoms with Crippen LogP contribution in [0, 0.1) is 5.92 Å². The van der Waals surface area contributed by atoms with E-state index in [9.17, 15) is 9.59 Å². The predicted molar refractivity (Wildman–Crippen MR) is 148 cm³/mol. The lowest BCUT2D eigenvalue weighted by Gasteiger charge is -2.37. The summed E-state index contributed by atoms with van der Waals surface area (Å²) in [6.07, 6.45) is 1.79. The maximum absolute atomic E-state index is 13.7. The first-order valence-corrected chi connectivity index (χ1v) is 14.5. The van der Waals surface area contributed by atoms with Gasteiger partial charge in [-0.15, -0.1) is 22.7 Å². The number of hydrogen-bond acceptors (Lipinski definition) is 5. The summed E-state index contributed by atoms with van der Waals surface area (Å²) in [6.45, 7) is 10.3. The SMILES string of the molecule is CC[C@@H](C)CN(CC(=O)N1CCc2sccc2[C@H]1COc1ccc(C(C)C)cc1)C(=O)c1cccs1. The van der Waals surface area contributed by atoms with Crippen LogP contribution in [-0.2, 0) is 11.2 Å². The molecule has 2 atom stereocenters. The molecule has 0 N–H and O–H groups in total. The fourth-order valence-corrected chi connectivity index (χ4v) is 6.15. The van der Waals surface area contributed by atoms with Crippen LogP contribution in [-0.4, -0.2) is 47.9 Å². The molecule has 3 aromatic rings. The van der Waals surface area contributed by atoms with Crippen LogP contribution in [0.25, 0.3) is 0 Å². The maximum atomic E-state index is 13.7. The highest BCUT2D eigenvalue weighted by Crippen LogP contribution is 2.34. The summed E-state index contributed by atoms with van der Waals surface area (Å²) in [5, 5.41) is 4.00. The van der Waals surface area contributed by atoms with E-state index >= 15 is 0 Å². The van der Waals surface area contributed by atoms with Crippen molar-refractivity contribution in [3.05, 3.63) is 74.1 Å². The van der Waals surface area contributed by atoms with Crippen LogP contribution in [0.15, 0.2) is 53.2 Å². The van der Waals surface area contributed by atoms with Gasteiger partial charge in [-0.25, -0.2) is 0 Å². The van der Waals surface area contributed by atoms with Crippen LogP contribution in [0.5, 0.6) is 5.75 Å². The highest BCUT2D eigenvalue weighted by Gasteiger charge is 2.34. The second kappa shape index (κ2) is 12.1. The molecule has 4 rings (SSSR count). The van der Waals surface area contributed by atoms with Gasteiger partial charge in [0.25, 0.3) is 5.91 Å². The lowest BCUT2D eigenvalue weighted by molar-refractivity contribution is -0.135. The number of rotatable bonds is 10. The molecule has 5 nitrogen and oxygen atoms in total. The lowest BCUT2D eigenvalue weighted by atomic mass is 10.00. The molecule has 2 aromatic heterocycles. The predicted octanol–water partition coefficient (Wildman–Crippen LogP) is 6.63. The number of nitrogens with zero attached hydrogens (tertiary/aromatic N) is 2. The Kier molecular flexibility index (Phi) is 8.86. The number of carbonyl (C=O) groups excluding carboxylic acids is 2. The van der Waals surface area contributed by atoms with Gasteiger partial charge in [0.1, 0.15) is 18.9 Å². The Labute approximate surface area is 222 Å². The van der Waals surface area contributed by atoms with Crippen LogP contribution < -0.4 is 4.74 Å². The molecule has 0 unspecified atom stereocenters. The van der Waals surface area contributed by atoms with Gasteiger partial charge in [0.15, 0.2) is 0 Å². The molecule has 1 aromatic carbocycles.